The van der Waals surface area contributed by atoms with Gasteiger partial charge in [-0.05, 0) is 31.7 Å². The predicted octanol–water partition coefficient (Wildman–Crippen LogP) is 2.64. The first-order valence-electron chi connectivity index (χ1n) is 6.97. The fourth-order valence-electron chi connectivity index (χ4n) is 2.87. The van der Waals surface area contributed by atoms with Crippen LogP contribution >= 0.6 is 0 Å². The van der Waals surface area contributed by atoms with Crippen LogP contribution in [-0.4, -0.2) is 29.8 Å². The SMILES string of the molecule is CCCNc1cc(NC2CC3CCC2O3)ccn1. The normalized spacial score (nSPS) is 29.5. The number of ether oxygens (including phenoxy) is 1. The molecule has 0 radical (unpaired) electrons. The Labute approximate surface area is 108 Å². The largest absolute Gasteiger partial charge is 0.379 e. The lowest BCUT2D eigenvalue weighted by atomic mass is 9.95. The maximum atomic E-state index is 5.86. The molecule has 2 bridgehead atoms. The van der Waals surface area contributed by atoms with Gasteiger partial charge in [0.25, 0.3) is 0 Å². The summed E-state index contributed by atoms with van der Waals surface area (Å²) in [4.78, 5) is 4.32. The predicted molar refractivity (Wildman–Crippen MR) is 72.9 cm³/mol. The third kappa shape index (κ3) is 2.43. The summed E-state index contributed by atoms with van der Waals surface area (Å²) in [5, 5.41) is 6.90. The van der Waals surface area contributed by atoms with Crippen molar-refractivity contribution in [1.29, 1.82) is 0 Å². The number of aromatic nitrogens is 1. The fraction of sp³-hybridized carbons (Fsp3) is 0.643. The van der Waals surface area contributed by atoms with Crippen molar-refractivity contribution in [2.24, 2.45) is 0 Å². The van der Waals surface area contributed by atoms with E-state index in [0.717, 1.165) is 30.9 Å². The van der Waals surface area contributed by atoms with Crippen LogP contribution in [0.15, 0.2) is 18.3 Å². The lowest BCUT2D eigenvalue weighted by molar-refractivity contribution is 0.102. The first kappa shape index (κ1) is 11.8. The number of anilines is 2. The van der Waals surface area contributed by atoms with Gasteiger partial charge in [0, 0.05) is 24.5 Å². The number of nitrogens with one attached hydrogen (secondary N) is 2. The molecule has 3 rings (SSSR count). The molecule has 4 nitrogen and oxygen atoms in total. The molecule has 1 aromatic rings. The number of rotatable bonds is 5. The molecule has 0 aromatic carbocycles. The molecule has 4 heteroatoms. The van der Waals surface area contributed by atoms with Crippen LogP contribution in [0.1, 0.15) is 32.6 Å². The van der Waals surface area contributed by atoms with Gasteiger partial charge in [-0.3, -0.25) is 0 Å². The van der Waals surface area contributed by atoms with Gasteiger partial charge in [-0.1, -0.05) is 6.92 Å². The van der Waals surface area contributed by atoms with Crippen molar-refractivity contribution in [2.45, 2.75) is 50.9 Å². The molecule has 3 unspecified atom stereocenters. The third-order valence-electron chi connectivity index (χ3n) is 3.77. The van der Waals surface area contributed by atoms with E-state index in [0.29, 0.717) is 18.2 Å². The summed E-state index contributed by atoms with van der Waals surface area (Å²) in [7, 11) is 0. The van der Waals surface area contributed by atoms with Crippen LogP contribution < -0.4 is 10.6 Å². The number of pyridine rings is 1. The maximum absolute atomic E-state index is 5.86. The molecule has 0 amide bonds. The average molecular weight is 247 g/mol. The minimum Gasteiger partial charge on any atom is -0.379 e. The molecule has 1 aromatic heterocycles. The standard InChI is InChI=1S/C14H21N3O/c1-2-6-15-14-8-10(5-7-16-14)17-12-9-11-3-4-13(12)18-11/h5,7-8,11-13H,2-4,6,9H2,1H3,(H2,15,16,17). The highest BCUT2D eigenvalue weighted by atomic mass is 16.5. The van der Waals surface area contributed by atoms with E-state index in [-0.39, 0.29) is 0 Å². The minimum atomic E-state index is 0.412. The van der Waals surface area contributed by atoms with Crippen molar-refractivity contribution in [3.05, 3.63) is 18.3 Å². The highest BCUT2D eigenvalue weighted by Crippen LogP contribution is 2.36. The highest BCUT2D eigenvalue weighted by molar-refractivity contribution is 5.52. The Balaban J connectivity index is 1.62. The first-order valence-corrected chi connectivity index (χ1v) is 6.97. The molecular formula is C14H21N3O. The van der Waals surface area contributed by atoms with E-state index in [2.05, 4.69) is 28.6 Å². The summed E-state index contributed by atoms with van der Waals surface area (Å²) < 4.78 is 5.86. The number of fused-ring (bicyclic) bond motifs is 2. The van der Waals surface area contributed by atoms with E-state index in [4.69, 9.17) is 4.74 Å². The summed E-state index contributed by atoms with van der Waals surface area (Å²) in [6.45, 7) is 3.12. The van der Waals surface area contributed by atoms with Crippen molar-refractivity contribution in [3.8, 4) is 0 Å². The van der Waals surface area contributed by atoms with Crippen molar-refractivity contribution in [3.63, 3.8) is 0 Å². The second-order valence-corrected chi connectivity index (χ2v) is 5.22. The van der Waals surface area contributed by atoms with Crippen LogP contribution in [0.4, 0.5) is 11.5 Å². The van der Waals surface area contributed by atoms with Gasteiger partial charge in [-0.15, -0.1) is 0 Å². The molecule has 0 spiro atoms. The van der Waals surface area contributed by atoms with Gasteiger partial charge in [-0.2, -0.15) is 0 Å². The monoisotopic (exact) mass is 247 g/mol. The molecular weight excluding hydrogens is 226 g/mol. The molecule has 3 atom stereocenters. The molecule has 0 saturated carbocycles. The average Bonchev–Trinajstić information content (AvgIpc) is 2.99. The van der Waals surface area contributed by atoms with Crippen molar-refractivity contribution in [2.75, 3.05) is 17.2 Å². The lowest BCUT2D eigenvalue weighted by Gasteiger charge is -2.21. The third-order valence-corrected chi connectivity index (χ3v) is 3.77. The van der Waals surface area contributed by atoms with E-state index in [1.54, 1.807) is 0 Å². The van der Waals surface area contributed by atoms with Crippen molar-refractivity contribution < 1.29 is 4.74 Å². The van der Waals surface area contributed by atoms with Gasteiger partial charge in [0.2, 0.25) is 0 Å². The molecule has 2 N–H and O–H groups in total. The molecule has 2 saturated heterocycles. The zero-order chi connectivity index (χ0) is 12.4. The number of nitrogens with zero attached hydrogens (tertiary/aromatic N) is 1. The zero-order valence-corrected chi connectivity index (χ0v) is 10.9. The second kappa shape index (κ2) is 5.14. The Hall–Kier alpha value is -1.29. The van der Waals surface area contributed by atoms with Gasteiger partial charge in [0.1, 0.15) is 5.82 Å². The number of hydrogen-bond donors (Lipinski definition) is 2. The smallest absolute Gasteiger partial charge is 0.127 e. The van der Waals surface area contributed by atoms with Gasteiger partial charge in [0.15, 0.2) is 0 Å². The Morgan fingerprint density at radius 3 is 3.11 bits per heavy atom. The summed E-state index contributed by atoms with van der Waals surface area (Å²) in [5.41, 5.74) is 1.14. The van der Waals surface area contributed by atoms with E-state index < -0.39 is 0 Å². The van der Waals surface area contributed by atoms with Crippen LogP contribution in [-0.2, 0) is 4.74 Å². The van der Waals surface area contributed by atoms with Crippen LogP contribution in [0.3, 0.4) is 0 Å². The molecule has 18 heavy (non-hydrogen) atoms. The van der Waals surface area contributed by atoms with Gasteiger partial charge in [-0.25, -0.2) is 4.98 Å². The lowest BCUT2D eigenvalue weighted by Crippen LogP contribution is -2.30. The Bertz CT molecular complexity index is 410. The van der Waals surface area contributed by atoms with E-state index in [1.165, 1.54) is 12.8 Å². The summed E-state index contributed by atoms with van der Waals surface area (Å²) in [6.07, 6.45) is 7.46. The minimum absolute atomic E-state index is 0.412. The maximum Gasteiger partial charge on any atom is 0.127 e. The molecule has 2 aliphatic heterocycles. The van der Waals surface area contributed by atoms with Gasteiger partial charge in [0.05, 0.1) is 18.2 Å². The zero-order valence-electron chi connectivity index (χ0n) is 10.9. The molecule has 3 heterocycles. The Morgan fingerprint density at radius 1 is 1.44 bits per heavy atom. The van der Waals surface area contributed by atoms with Gasteiger partial charge >= 0.3 is 0 Å². The van der Waals surface area contributed by atoms with Crippen LogP contribution in [0, 0.1) is 0 Å². The molecule has 98 valence electrons. The molecule has 0 aliphatic carbocycles. The molecule has 2 fully saturated rings. The Morgan fingerprint density at radius 2 is 2.39 bits per heavy atom. The number of hydrogen-bond acceptors (Lipinski definition) is 4. The van der Waals surface area contributed by atoms with E-state index in [9.17, 15) is 0 Å². The topological polar surface area (TPSA) is 46.2 Å². The van der Waals surface area contributed by atoms with Crippen molar-refractivity contribution in [1.82, 2.24) is 4.98 Å². The fourth-order valence-corrected chi connectivity index (χ4v) is 2.87. The quantitative estimate of drug-likeness (QED) is 0.839. The summed E-state index contributed by atoms with van der Waals surface area (Å²) in [6, 6.07) is 4.59. The summed E-state index contributed by atoms with van der Waals surface area (Å²) >= 11 is 0. The second-order valence-electron chi connectivity index (χ2n) is 5.22. The van der Waals surface area contributed by atoms with E-state index >= 15 is 0 Å². The van der Waals surface area contributed by atoms with Crippen LogP contribution in [0.5, 0.6) is 0 Å². The van der Waals surface area contributed by atoms with Crippen LogP contribution in [0.2, 0.25) is 0 Å². The van der Waals surface area contributed by atoms with E-state index in [1.807, 2.05) is 12.3 Å². The highest BCUT2D eigenvalue weighted by Gasteiger charge is 2.40. The Kier molecular flexibility index (Phi) is 3.37. The molecule has 2 aliphatic rings. The van der Waals surface area contributed by atoms with Crippen LogP contribution in [0.25, 0.3) is 0 Å². The first-order chi connectivity index (χ1) is 8.85. The van der Waals surface area contributed by atoms with Crippen molar-refractivity contribution >= 4 is 11.5 Å². The van der Waals surface area contributed by atoms with Gasteiger partial charge < -0.3 is 15.4 Å². The summed E-state index contributed by atoms with van der Waals surface area (Å²) in [5.74, 6) is 0.950.